The lowest BCUT2D eigenvalue weighted by molar-refractivity contribution is -0.137. The van der Waals surface area contributed by atoms with Crippen LogP contribution in [0, 0.1) is 0 Å². The second-order valence-corrected chi connectivity index (χ2v) is 6.97. The zero-order valence-corrected chi connectivity index (χ0v) is 16.1. The van der Waals surface area contributed by atoms with Gasteiger partial charge in [-0.15, -0.1) is 0 Å². The van der Waals surface area contributed by atoms with Crippen LogP contribution in [0.3, 0.4) is 0 Å². The smallest absolute Gasteiger partial charge is 0.320 e. The molecule has 150 valence electrons. The Morgan fingerprint density at radius 2 is 1.72 bits per heavy atom. The summed E-state index contributed by atoms with van der Waals surface area (Å²) < 4.78 is 39.2. The number of benzene rings is 2. The van der Waals surface area contributed by atoms with E-state index >= 15 is 0 Å². The molecule has 0 aliphatic heterocycles. The molecule has 4 nitrogen and oxygen atoms in total. The third-order valence-electron chi connectivity index (χ3n) is 4.08. The minimum Gasteiger partial charge on any atom is -0.320 e. The predicted molar refractivity (Wildman–Crippen MR) is 106 cm³/mol. The highest BCUT2D eigenvalue weighted by Crippen LogP contribution is 2.29. The van der Waals surface area contributed by atoms with Crippen molar-refractivity contribution in [2.75, 3.05) is 5.32 Å². The van der Waals surface area contributed by atoms with E-state index in [4.69, 9.17) is 23.2 Å². The largest absolute Gasteiger partial charge is 0.416 e. The molecule has 9 heteroatoms. The number of rotatable bonds is 4. The fourth-order valence-corrected chi connectivity index (χ4v) is 3.07. The summed E-state index contributed by atoms with van der Waals surface area (Å²) in [5.41, 5.74) is -0.723. The van der Waals surface area contributed by atoms with Gasteiger partial charge in [0.1, 0.15) is 5.56 Å². The number of anilines is 1. The third-order valence-corrected chi connectivity index (χ3v) is 4.63. The number of amides is 1. The number of hydrogen-bond donors (Lipinski definition) is 1. The Morgan fingerprint density at radius 1 is 1.03 bits per heavy atom. The summed E-state index contributed by atoms with van der Waals surface area (Å²) >= 11 is 11.8. The molecule has 0 aliphatic rings. The maximum atomic E-state index is 12.7. The van der Waals surface area contributed by atoms with Gasteiger partial charge in [0.15, 0.2) is 0 Å². The van der Waals surface area contributed by atoms with Crippen molar-refractivity contribution in [3.8, 4) is 0 Å². The molecule has 0 saturated carbocycles. The van der Waals surface area contributed by atoms with Crippen molar-refractivity contribution in [3.63, 3.8) is 0 Å². The molecule has 1 aromatic heterocycles. The average molecular weight is 441 g/mol. The fraction of sp³-hybridized carbons (Fsp3) is 0.100. The van der Waals surface area contributed by atoms with Crippen molar-refractivity contribution in [1.29, 1.82) is 0 Å². The lowest BCUT2D eigenvalue weighted by Crippen LogP contribution is -2.29. The Labute approximate surface area is 173 Å². The first kappa shape index (κ1) is 21.0. The van der Waals surface area contributed by atoms with Gasteiger partial charge in [-0.1, -0.05) is 35.3 Å². The van der Waals surface area contributed by atoms with E-state index in [1.54, 1.807) is 0 Å². The van der Waals surface area contributed by atoms with E-state index in [0.29, 0.717) is 16.3 Å². The summed E-state index contributed by atoms with van der Waals surface area (Å²) in [6, 6.07) is 11.8. The first-order valence-electron chi connectivity index (χ1n) is 8.27. The normalized spacial score (nSPS) is 11.3. The second-order valence-electron chi connectivity index (χ2n) is 6.13. The molecule has 0 atom stereocenters. The lowest BCUT2D eigenvalue weighted by atomic mass is 10.1. The molecule has 0 unspecified atom stereocenters. The quantitative estimate of drug-likeness (QED) is 0.584. The van der Waals surface area contributed by atoms with E-state index < -0.39 is 23.2 Å². The van der Waals surface area contributed by atoms with Crippen LogP contribution in [0.4, 0.5) is 18.9 Å². The zero-order chi connectivity index (χ0) is 21.2. The van der Waals surface area contributed by atoms with Crippen molar-refractivity contribution in [3.05, 3.63) is 97.9 Å². The van der Waals surface area contributed by atoms with E-state index in [1.165, 1.54) is 53.2 Å². The molecule has 3 rings (SSSR count). The molecule has 1 heterocycles. The van der Waals surface area contributed by atoms with Crippen molar-refractivity contribution < 1.29 is 18.0 Å². The highest BCUT2D eigenvalue weighted by molar-refractivity contribution is 6.36. The van der Waals surface area contributed by atoms with Gasteiger partial charge in [0.05, 0.1) is 22.8 Å². The van der Waals surface area contributed by atoms with E-state index in [1.807, 2.05) is 0 Å². The molecule has 29 heavy (non-hydrogen) atoms. The SMILES string of the molecule is O=C(Nc1ccc(Cl)cc1Cl)c1cccn(Cc2ccc(C(F)(F)F)cc2)c1=O. The Morgan fingerprint density at radius 3 is 2.34 bits per heavy atom. The number of pyridine rings is 1. The molecule has 0 saturated heterocycles. The highest BCUT2D eigenvalue weighted by Gasteiger charge is 2.29. The van der Waals surface area contributed by atoms with Crippen molar-refractivity contribution in [2.24, 2.45) is 0 Å². The average Bonchev–Trinajstić information content (AvgIpc) is 2.65. The molecule has 3 aromatic rings. The molecule has 0 aliphatic carbocycles. The van der Waals surface area contributed by atoms with Crippen LogP contribution in [0.2, 0.25) is 10.0 Å². The fourth-order valence-electron chi connectivity index (χ4n) is 2.61. The summed E-state index contributed by atoms with van der Waals surface area (Å²) in [6.45, 7) is 0.0137. The molecule has 1 amide bonds. The Kier molecular flexibility index (Phi) is 6.00. The summed E-state index contributed by atoms with van der Waals surface area (Å²) in [5.74, 6) is -0.666. The minimum atomic E-state index is -4.43. The first-order valence-corrected chi connectivity index (χ1v) is 9.03. The molecular formula is C20H13Cl2F3N2O2. The van der Waals surface area contributed by atoms with E-state index in [2.05, 4.69) is 5.32 Å². The van der Waals surface area contributed by atoms with Crippen LogP contribution in [0.25, 0.3) is 0 Å². The highest BCUT2D eigenvalue weighted by atomic mass is 35.5. The van der Waals surface area contributed by atoms with Crippen LogP contribution in [0.1, 0.15) is 21.5 Å². The van der Waals surface area contributed by atoms with Gasteiger partial charge in [0.2, 0.25) is 0 Å². The number of aromatic nitrogens is 1. The Balaban J connectivity index is 1.82. The number of nitrogens with one attached hydrogen (secondary N) is 1. The zero-order valence-electron chi connectivity index (χ0n) is 14.6. The summed E-state index contributed by atoms with van der Waals surface area (Å²) in [5, 5.41) is 3.15. The van der Waals surface area contributed by atoms with Crippen molar-refractivity contribution in [1.82, 2.24) is 4.57 Å². The van der Waals surface area contributed by atoms with E-state index in [0.717, 1.165) is 12.1 Å². The summed E-state index contributed by atoms with van der Waals surface area (Å²) in [7, 11) is 0. The van der Waals surface area contributed by atoms with Gasteiger partial charge in [0.25, 0.3) is 11.5 Å². The number of alkyl halides is 3. The van der Waals surface area contributed by atoms with Crippen molar-refractivity contribution in [2.45, 2.75) is 12.7 Å². The maximum Gasteiger partial charge on any atom is 0.416 e. The van der Waals surface area contributed by atoms with Gasteiger partial charge in [-0.2, -0.15) is 13.2 Å². The van der Waals surface area contributed by atoms with E-state index in [-0.39, 0.29) is 17.1 Å². The molecule has 0 spiro atoms. The molecule has 0 fully saturated rings. The van der Waals surface area contributed by atoms with Gasteiger partial charge < -0.3 is 9.88 Å². The van der Waals surface area contributed by atoms with Gasteiger partial charge in [0, 0.05) is 11.2 Å². The summed E-state index contributed by atoms with van der Waals surface area (Å²) in [6.07, 6.45) is -2.98. The van der Waals surface area contributed by atoms with Gasteiger partial charge in [-0.05, 0) is 48.0 Å². The van der Waals surface area contributed by atoms with Gasteiger partial charge >= 0.3 is 6.18 Å². The van der Waals surface area contributed by atoms with Gasteiger partial charge in [-0.3, -0.25) is 9.59 Å². The number of hydrogen-bond acceptors (Lipinski definition) is 2. The van der Waals surface area contributed by atoms with Crippen LogP contribution < -0.4 is 10.9 Å². The van der Waals surface area contributed by atoms with Crippen LogP contribution in [0.15, 0.2) is 65.6 Å². The number of carbonyl (C=O) groups is 1. The third kappa shape index (κ3) is 4.99. The second kappa shape index (κ2) is 8.31. The van der Waals surface area contributed by atoms with Crippen LogP contribution in [0.5, 0.6) is 0 Å². The monoisotopic (exact) mass is 440 g/mol. The predicted octanol–water partition coefficient (Wildman–Crippen LogP) is 5.47. The minimum absolute atomic E-state index is 0.0137. The topological polar surface area (TPSA) is 51.1 Å². The number of halogens is 5. The Hall–Kier alpha value is -2.77. The number of carbonyl (C=O) groups excluding carboxylic acids is 1. The van der Waals surface area contributed by atoms with Gasteiger partial charge in [-0.25, -0.2) is 0 Å². The Bertz CT molecular complexity index is 1110. The van der Waals surface area contributed by atoms with Crippen LogP contribution in [-0.4, -0.2) is 10.5 Å². The standard InChI is InChI=1S/C20H13Cl2F3N2O2/c21-14-7-8-17(16(22)10-14)26-18(28)15-2-1-9-27(19(15)29)11-12-3-5-13(6-4-12)20(23,24)25/h1-10H,11H2,(H,26,28). The maximum absolute atomic E-state index is 12.7. The van der Waals surface area contributed by atoms with Crippen LogP contribution in [-0.2, 0) is 12.7 Å². The number of nitrogens with zero attached hydrogens (tertiary/aromatic N) is 1. The van der Waals surface area contributed by atoms with E-state index in [9.17, 15) is 22.8 Å². The first-order chi connectivity index (χ1) is 13.6. The lowest BCUT2D eigenvalue weighted by Gasteiger charge is -2.11. The van der Waals surface area contributed by atoms with Crippen molar-refractivity contribution >= 4 is 34.8 Å². The van der Waals surface area contributed by atoms with Crippen LogP contribution >= 0.6 is 23.2 Å². The summed E-state index contributed by atoms with van der Waals surface area (Å²) in [4.78, 5) is 25.1. The molecule has 2 aromatic carbocycles. The molecular weight excluding hydrogens is 428 g/mol. The molecule has 1 N–H and O–H groups in total. The molecule has 0 bridgehead atoms. The molecule has 0 radical (unpaired) electrons.